The minimum Gasteiger partial charge on any atom is -0.386 e. The van der Waals surface area contributed by atoms with Gasteiger partial charge in [0.15, 0.2) is 0 Å². The summed E-state index contributed by atoms with van der Waals surface area (Å²) in [5.41, 5.74) is -2.51. The molecule has 0 saturated heterocycles. The SMILES string of the molecule is CC(C)(O)c1cccc(F)c1COC(S)(C(F)(F)F)C(F)(F)F. The van der Waals surface area contributed by atoms with Crippen molar-refractivity contribution in [2.45, 2.75) is 43.3 Å². The van der Waals surface area contributed by atoms with Crippen LogP contribution in [0.25, 0.3) is 0 Å². The fourth-order valence-electron chi connectivity index (χ4n) is 1.78. The number of aliphatic hydroxyl groups is 1. The molecule has 0 bridgehead atoms. The zero-order valence-electron chi connectivity index (χ0n) is 11.9. The summed E-state index contributed by atoms with van der Waals surface area (Å²) in [6.45, 7) is 1.02. The van der Waals surface area contributed by atoms with Gasteiger partial charge in [-0.05, 0) is 25.5 Å². The van der Waals surface area contributed by atoms with Gasteiger partial charge in [-0.25, -0.2) is 4.39 Å². The van der Waals surface area contributed by atoms with Crippen LogP contribution in [0.15, 0.2) is 18.2 Å². The zero-order valence-corrected chi connectivity index (χ0v) is 12.8. The van der Waals surface area contributed by atoms with Crippen molar-refractivity contribution in [1.29, 1.82) is 0 Å². The third kappa shape index (κ3) is 4.10. The Morgan fingerprint density at radius 3 is 1.91 bits per heavy atom. The number of thiol groups is 1. The van der Waals surface area contributed by atoms with E-state index in [1.807, 2.05) is 0 Å². The average Bonchev–Trinajstić information content (AvgIpc) is 2.32. The molecule has 0 heterocycles. The summed E-state index contributed by atoms with van der Waals surface area (Å²) in [6, 6.07) is 3.16. The minimum atomic E-state index is -5.88. The van der Waals surface area contributed by atoms with E-state index < -0.39 is 40.9 Å². The van der Waals surface area contributed by atoms with Gasteiger partial charge in [-0.1, -0.05) is 12.1 Å². The molecule has 0 aliphatic rings. The Bertz CT molecular complexity index is 547. The Balaban J connectivity index is 3.24. The Morgan fingerprint density at radius 1 is 1.04 bits per heavy atom. The lowest BCUT2D eigenvalue weighted by Gasteiger charge is -2.33. The van der Waals surface area contributed by atoms with Crippen molar-refractivity contribution in [3.63, 3.8) is 0 Å². The van der Waals surface area contributed by atoms with Crippen molar-refractivity contribution >= 4 is 12.6 Å². The monoisotopic (exact) mass is 366 g/mol. The third-order valence-electron chi connectivity index (χ3n) is 2.97. The van der Waals surface area contributed by atoms with Gasteiger partial charge in [-0.15, -0.1) is 12.6 Å². The second-order valence-electron chi connectivity index (χ2n) is 5.25. The molecule has 132 valence electrons. The summed E-state index contributed by atoms with van der Waals surface area (Å²) < 4.78 is 93.7. The molecular weight excluding hydrogens is 353 g/mol. The molecule has 0 aliphatic carbocycles. The number of halogens is 7. The summed E-state index contributed by atoms with van der Waals surface area (Å²) in [6.07, 6.45) is -11.8. The molecule has 0 atom stereocenters. The van der Waals surface area contributed by atoms with Crippen LogP contribution in [0.2, 0.25) is 0 Å². The van der Waals surface area contributed by atoms with E-state index in [4.69, 9.17) is 0 Å². The maximum Gasteiger partial charge on any atom is 0.436 e. The van der Waals surface area contributed by atoms with Gasteiger partial charge >= 0.3 is 17.3 Å². The Labute approximate surface area is 132 Å². The third-order valence-corrected chi connectivity index (χ3v) is 3.61. The fourth-order valence-corrected chi connectivity index (χ4v) is 1.84. The average molecular weight is 366 g/mol. The molecule has 2 nitrogen and oxygen atoms in total. The van der Waals surface area contributed by atoms with Crippen molar-refractivity contribution in [3.8, 4) is 0 Å². The van der Waals surface area contributed by atoms with E-state index in [-0.39, 0.29) is 5.56 Å². The molecule has 1 aromatic carbocycles. The highest BCUT2D eigenvalue weighted by Gasteiger charge is 2.70. The highest BCUT2D eigenvalue weighted by atomic mass is 32.1. The molecule has 0 amide bonds. The number of ether oxygens (including phenoxy) is 1. The molecular formula is C13H13F7O2S. The van der Waals surface area contributed by atoms with E-state index in [1.54, 1.807) is 0 Å². The molecule has 1 rings (SSSR count). The van der Waals surface area contributed by atoms with Crippen molar-refractivity contribution in [2.75, 3.05) is 0 Å². The van der Waals surface area contributed by atoms with Crippen molar-refractivity contribution in [3.05, 3.63) is 35.1 Å². The van der Waals surface area contributed by atoms with Gasteiger partial charge < -0.3 is 9.84 Å². The molecule has 0 spiro atoms. The lowest BCUT2D eigenvalue weighted by Crippen LogP contribution is -2.54. The predicted octanol–water partition coefficient (Wildman–Crippen LogP) is 4.32. The molecule has 1 aromatic rings. The van der Waals surface area contributed by atoms with Crippen LogP contribution in [0.5, 0.6) is 0 Å². The predicted molar refractivity (Wildman–Crippen MR) is 70.3 cm³/mol. The van der Waals surface area contributed by atoms with Crippen LogP contribution >= 0.6 is 12.6 Å². The van der Waals surface area contributed by atoms with E-state index in [0.717, 1.165) is 12.1 Å². The van der Waals surface area contributed by atoms with Crippen LogP contribution in [0, 0.1) is 5.82 Å². The normalized spacial score (nSPS) is 14.2. The highest BCUT2D eigenvalue weighted by Crippen LogP contribution is 2.49. The van der Waals surface area contributed by atoms with Crippen LogP contribution in [0.3, 0.4) is 0 Å². The summed E-state index contributed by atoms with van der Waals surface area (Å²) in [5.74, 6) is -1.11. The van der Waals surface area contributed by atoms with E-state index in [9.17, 15) is 35.8 Å². The maximum atomic E-state index is 13.8. The smallest absolute Gasteiger partial charge is 0.386 e. The minimum absolute atomic E-state index is 0.197. The Hall–Kier alpha value is -1.00. The number of hydrogen-bond acceptors (Lipinski definition) is 3. The highest BCUT2D eigenvalue weighted by molar-refractivity contribution is 7.81. The number of rotatable bonds is 4. The van der Waals surface area contributed by atoms with Crippen LogP contribution in [0.4, 0.5) is 30.7 Å². The van der Waals surface area contributed by atoms with Crippen LogP contribution < -0.4 is 0 Å². The largest absolute Gasteiger partial charge is 0.436 e. The molecule has 23 heavy (non-hydrogen) atoms. The molecule has 1 N–H and O–H groups in total. The van der Waals surface area contributed by atoms with Crippen molar-refractivity contribution < 1.29 is 40.6 Å². The van der Waals surface area contributed by atoms with Gasteiger partial charge in [-0.3, -0.25) is 0 Å². The van der Waals surface area contributed by atoms with Crippen LogP contribution in [0.1, 0.15) is 25.0 Å². The van der Waals surface area contributed by atoms with Gasteiger partial charge in [0.05, 0.1) is 12.2 Å². The van der Waals surface area contributed by atoms with Crippen molar-refractivity contribution in [1.82, 2.24) is 0 Å². The summed E-state index contributed by atoms with van der Waals surface area (Å²) in [7, 11) is 0. The summed E-state index contributed by atoms with van der Waals surface area (Å²) in [5, 5.41) is 9.86. The Kier molecular flexibility index (Phi) is 5.35. The lowest BCUT2D eigenvalue weighted by molar-refractivity contribution is -0.342. The molecule has 0 unspecified atom stereocenters. The van der Waals surface area contributed by atoms with E-state index in [1.165, 1.54) is 19.9 Å². The quantitative estimate of drug-likeness (QED) is 0.472. The lowest BCUT2D eigenvalue weighted by atomic mass is 9.93. The van der Waals surface area contributed by atoms with Crippen LogP contribution in [-0.2, 0) is 16.9 Å². The fraction of sp³-hybridized carbons (Fsp3) is 0.538. The van der Waals surface area contributed by atoms with E-state index in [0.29, 0.717) is 0 Å². The first kappa shape index (κ1) is 20.0. The van der Waals surface area contributed by atoms with Crippen LogP contribution in [-0.4, -0.2) is 22.4 Å². The van der Waals surface area contributed by atoms with Gasteiger partial charge in [0.1, 0.15) is 5.82 Å². The standard InChI is InChI=1S/C13H13F7O2S/c1-10(2,21)8-4-3-5-9(14)7(8)6-22-11(23,12(15,16)17)13(18,19)20/h3-5,21,23H,6H2,1-2H3. The topological polar surface area (TPSA) is 29.5 Å². The molecule has 0 aliphatic heterocycles. The number of hydrogen-bond donors (Lipinski definition) is 2. The number of benzene rings is 1. The van der Waals surface area contributed by atoms with E-state index in [2.05, 4.69) is 17.4 Å². The second kappa shape index (κ2) is 6.14. The molecule has 0 fully saturated rings. The van der Waals surface area contributed by atoms with Gasteiger partial charge in [0.2, 0.25) is 0 Å². The second-order valence-corrected chi connectivity index (χ2v) is 5.88. The zero-order chi connectivity index (χ0) is 18.3. The first-order valence-corrected chi connectivity index (χ1v) is 6.56. The van der Waals surface area contributed by atoms with Gasteiger partial charge in [-0.2, -0.15) is 26.3 Å². The van der Waals surface area contributed by atoms with Crippen molar-refractivity contribution in [2.24, 2.45) is 0 Å². The molecule has 0 saturated carbocycles. The van der Waals surface area contributed by atoms with Gasteiger partial charge in [0, 0.05) is 5.56 Å². The first-order chi connectivity index (χ1) is 10.1. The Morgan fingerprint density at radius 2 is 1.52 bits per heavy atom. The van der Waals surface area contributed by atoms with E-state index >= 15 is 0 Å². The van der Waals surface area contributed by atoms with Gasteiger partial charge in [0.25, 0.3) is 0 Å². The number of alkyl halides is 6. The first-order valence-electron chi connectivity index (χ1n) is 6.11. The summed E-state index contributed by atoms with van der Waals surface area (Å²) >= 11 is 2.59. The molecule has 0 aromatic heterocycles. The summed E-state index contributed by atoms with van der Waals surface area (Å²) in [4.78, 5) is -4.76. The maximum absolute atomic E-state index is 13.8. The molecule has 10 heteroatoms. The molecule has 0 radical (unpaired) electrons.